The molecule has 0 aromatic heterocycles. The lowest BCUT2D eigenvalue weighted by atomic mass is 9.65. The fraction of sp³-hybridized carbons (Fsp3) is 0.316. The summed E-state index contributed by atoms with van der Waals surface area (Å²) in [5.74, 6) is 0.220. The van der Waals surface area contributed by atoms with Gasteiger partial charge in [-0.2, -0.15) is 4.36 Å². The second kappa shape index (κ2) is 6.30. The van der Waals surface area contributed by atoms with Gasteiger partial charge in [0.2, 0.25) is 5.91 Å². The number of hydrogen-bond donors (Lipinski definition) is 1. The zero-order chi connectivity index (χ0) is 20.1. The first-order valence-corrected chi connectivity index (χ1v) is 10.7. The van der Waals surface area contributed by atoms with E-state index in [0.29, 0.717) is 29.1 Å². The van der Waals surface area contributed by atoms with Crippen LogP contribution >= 0.6 is 0 Å². The fourth-order valence-electron chi connectivity index (χ4n) is 3.88. The highest BCUT2D eigenvalue weighted by atomic mass is 32.2. The maximum Gasteiger partial charge on any atom is 0.295 e. The van der Waals surface area contributed by atoms with Gasteiger partial charge in [0, 0.05) is 17.9 Å². The smallest absolute Gasteiger partial charge is 0.295 e. The van der Waals surface area contributed by atoms with Gasteiger partial charge in [-0.25, -0.2) is 4.21 Å². The summed E-state index contributed by atoms with van der Waals surface area (Å²) in [7, 11) is -1.46. The third-order valence-electron chi connectivity index (χ3n) is 5.45. The number of carbonyl (C=O) groups is 1. The van der Waals surface area contributed by atoms with Crippen molar-refractivity contribution in [2.45, 2.75) is 29.6 Å². The van der Waals surface area contributed by atoms with Crippen LogP contribution in [0.2, 0.25) is 0 Å². The van der Waals surface area contributed by atoms with Crippen LogP contribution in [0.1, 0.15) is 24.8 Å². The molecule has 9 heteroatoms. The monoisotopic (exact) mass is 401 g/mol. The van der Waals surface area contributed by atoms with Crippen molar-refractivity contribution in [1.82, 2.24) is 0 Å². The van der Waals surface area contributed by atoms with Gasteiger partial charge in [0.1, 0.15) is 11.4 Å². The molecule has 146 valence electrons. The third-order valence-corrected chi connectivity index (χ3v) is 7.16. The highest BCUT2D eigenvalue weighted by Gasteiger charge is 2.53. The number of nitrogens with one attached hydrogen (secondary N) is 1. The lowest BCUT2D eigenvalue weighted by molar-refractivity contribution is -0.383. The van der Waals surface area contributed by atoms with Crippen molar-refractivity contribution in [3.8, 4) is 5.75 Å². The van der Waals surface area contributed by atoms with Gasteiger partial charge in [-0.3, -0.25) is 14.9 Å². The third kappa shape index (κ3) is 2.65. The van der Waals surface area contributed by atoms with Gasteiger partial charge in [-0.15, -0.1) is 0 Å². The quantitative estimate of drug-likeness (QED) is 0.619. The molecule has 1 amide bonds. The van der Waals surface area contributed by atoms with Gasteiger partial charge in [-0.05, 0) is 31.0 Å². The normalized spacial score (nSPS) is 18.6. The molecule has 0 bridgehead atoms. The van der Waals surface area contributed by atoms with Gasteiger partial charge < -0.3 is 10.1 Å². The molecule has 1 unspecified atom stereocenters. The molecule has 1 aliphatic heterocycles. The van der Waals surface area contributed by atoms with Crippen molar-refractivity contribution in [2.75, 3.05) is 18.7 Å². The van der Waals surface area contributed by atoms with E-state index in [1.807, 2.05) is 0 Å². The van der Waals surface area contributed by atoms with Crippen molar-refractivity contribution < 1.29 is 18.7 Å². The molecule has 2 aromatic rings. The zero-order valence-corrected chi connectivity index (χ0v) is 16.2. The van der Waals surface area contributed by atoms with E-state index >= 15 is 0 Å². The molecule has 1 saturated carbocycles. The Labute approximate surface area is 162 Å². The van der Waals surface area contributed by atoms with Crippen LogP contribution in [-0.2, 0) is 19.9 Å². The van der Waals surface area contributed by atoms with Crippen molar-refractivity contribution in [2.24, 2.45) is 4.36 Å². The van der Waals surface area contributed by atoms with E-state index < -0.39 is 20.1 Å². The standard InChI is InChI=1S/C19H19N3O5S/c1-27-15-6-3-4-7-16(15)28(2,26)21-12-10-13-17(14(11-12)22(24)25)20-18(23)19(13)8-5-9-19/h3-4,6-7,10-11H,5,8-9H2,1-2H3,(H,20,23). The number of nitro benzene ring substituents is 1. The summed E-state index contributed by atoms with van der Waals surface area (Å²) in [5, 5.41) is 14.3. The minimum absolute atomic E-state index is 0.212. The highest BCUT2D eigenvalue weighted by molar-refractivity contribution is 7.93. The Morgan fingerprint density at radius 2 is 2.00 bits per heavy atom. The van der Waals surface area contributed by atoms with Crippen molar-refractivity contribution in [3.05, 3.63) is 52.1 Å². The van der Waals surface area contributed by atoms with Gasteiger partial charge in [0.15, 0.2) is 0 Å². The minimum Gasteiger partial charge on any atom is -0.495 e. The fourth-order valence-corrected chi connectivity index (χ4v) is 5.34. The number of ether oxygens (including phenoxy) is 1. The molecule has 1 aliphatic carbocycles. The number of benzene rings is 2. The van der Waals surface area contributed by atoms with E-state index in [1.165, 1.54) is 19.4 Å². The van der Waals surface area contributed by atoms with Gasteiger partial charge in [0.05, 0.1) is 37.8 Å². The number of methoxy groups -OCH3 is 1. The summed E-state index contributed by atoms with van der Waals surface area (Å²) in [6.45, 7) is 0. The minimum atomic E-state index is -2.93. The molecule has 1 heterocycles. The molecule has 0 saturated heterocycles. The Hall–Kier alpha value is -2.94. The van der Waals surface area contributed by atoms with E-state index in [0.717, 1.165) is 6.42 Å². The molecule has 1 fully saturated rings. The number of rotatable bonds is 4. The van der Waals surface area contributed by atoms with E-state index in [1.54, 1.807) is 30.3 Å². The predicted molar refractivity (Wildman–Crippen MR) is 105 cm³/mol. The average Bonchev–Trinajstić information content (AvgIpc) is 2.92. The van der Waals surface area contributed by atoms with E-state index in [9.17, 15) is 19.1 Å². The highest BCUT2D eigenvalue weighted by Crippen LogP contribution is 2.54. The van der Waals surface area contributed by atoms with E-state index in [4.69, 9.17) is 4.74 Å². The van der Waals surface area contributed by atoms with Crippen LogP contribution in [-0.4, -0.2) is 28.4 Å². The summed E-state index contributed by atoms with van der Waals surface area (Å²) in [6.07, 6.45) is 3.63. The molecular weight excluding hydrogens is 382 g/mol. The molecular formula is C19H19N3O5S. The maximum absolute atomic E-state index is 13.3. The number of para-hydroxylation sites is 1. The number of anilines is 1. The number of nitrogens with zero attached hydrogens (tertiary/aromatic N) is 2. The maximum atomic E-state index is 13.3. The Morgan fingerprint density at radius 3 is 2.61 bits per heavy atom. The van der Waals surface area contributed by atoms with Gasteiger partial charge in [0.25, 0.3) is 5.69 Å². The Balaban J connectivity index is 1.91. The summed E-state index contributed by atoms with van der Waals surface area (Å²) in [6, 6.07) is 9.74. The molecule has 0 radical (unpaired) electrons. The summed E-state index contributed by atoms with van der Waals surface area (Å²) >= 11 is 0. The number of carbonyl (C=O) groups excluding carboxylic acids is 1. The first kappa shape index (κ1) is 18.4. The van der Waals surface area contributed by atoms with Gasteiger partial charge in [-0.1, -0.05) is 18.6 Å². The average molecular weight is 401 g/mol. The van der Waals surface area contributed by atoms with Crippen LogP contribution < -0.4 is 10.1 Å². The first-order valence-electron chi connectivity index (χ1n) is 8.78. The predicted octanol–water partition coefficient (Wildman–Crippen LogP) is 3.77. The number of amides is 1. The summed E-state index contributed by atoms with van der Waals surface area (Å²) < 4.78 is 22.9. The Kier molecular flexibility index (Phi) is 4.15. The molecule has 2 aromatic carbocycles. The van der Waals surface area contributed by atoms with Crippen LogP contribution in [0.5, 0.6) is 5.75 Å². The number of nitro groups is 1. The van der Waals surface area contributed by atoms with E-state index in [2.05, 4.69) is 9.68 Å². The van der Waals surface area contributed by atoms with Crippen molar-refractivity contribution in [1.29, 1.82) is 0 Å². The zero-order valence-electron chi connectivity index (χ0n) is 15.4. The SMILES string of the molecule is COc1ccccc1S(C)(=O)=Nc1cc([N+](=O)[O-])c2c(c1)C1(CCC1)C(=O)N2. The van der Waals surface area contributed by atoms with Crippen molar-refractivity contribution in [3.63, 3.8) is 0 Å². The van der Waals surface area contributed by atoms with Crippen LogP contribution in [0, 0.1) is 10.1 Å². The summed E-state index contributed by atoms with van der Waals surface area (Å²) in [4.78, 5) is 23.9. The van der Waals surface area contributed by atoms with Crippen LogP contribution in [0.15, 0.2) is 45.7 Å². The first-order chi connectivity index (χ1) is 13.3. The lowest BCUT2D eigenvalue weighted by Crippen LogP contribution is -2.40. The lowest BCUT2D eigenvalue weighted by Gasteiger charge is -2.36. The van der Waals surface area contributed by atoms with Crippen LogP contribution in [0.25, 0.3) is 0 Å². The molecule has 1 N–H and O–H groups in total. The molecule has 4 rings (SSSR count). The Morgan fingerprint density at radius 1 is 1.29 bits per heavy atom. The second-order valence-corrected chi connectivity index (χ2v) is 9.31. The molecule has 28 heavy (non-hydrogen) atoms. The molecule has 1 spiro atoms. The van der Waals surface area contributed by atoms with E-state index in [-0.39, 0.29) is 23.0 Å². The van der Waals surface area contributed by atoms with Crippen LogP contribution in [0.4, 0.5) is 17.1 Å². The topological polar surface area (TPSA) is 111 Å². The van der Waals surface area contributed by atoms with Crippen molar-refractivity contribution >= 4 is 32.7 Å². The molecule has 2 aliphatic rings. The number of hydrogen-bond acceptors (Lipinski definition) is 6. The summed E-state index contributed by atoms with van der Waals surface area (Å²) in [5.41, 5.74) is 0.0562. The second-order valence-electron chi connectivity index (χ2n) is 7.08. The van der Waals surface area contributed by atoms with Gasteiger partial charge >= 0.3 is 0 Å². The number of fused-ring (bicyclic) bond motifs is 2. The largest absolute Gasteiger partial charge is 0.495 e. The molecule has 8 nitrogen and oxygen atoms in total. The Bertz CT molecular complexity index is 1130. The molecule has 1 atom stereocenters. The van der Waals surface area contributed by atoms with Crippen LogP contribution in [0.3, 0.4) is 0 Å².